The Morgan fingerprint density at radius 1 is 0.810 bits per heavy atom. The second-order valence-electron chi connectivity index (χ2n) is 13.2. The van der Waals surface area contributed by atoms with Gasteiger partial charge in [0.15, 0.2) is 0 Å². The number of amides is 2. The van der Waals surface area contributed by atoms with Crippen molar-refractivity contribution in [2.75, 3.05) is 19.6 Å². The van der Waals surface area contributed by atoms with Gasteiger partial charge in [-0.2, -0.15) is 19.6 Å². The maximum Gasteiger partial charge on any atom is 0.314 e. The lowest BCUT2D eigenvalue weighted by molar-refractivity contribution is -0.662. The van der Waals surface area contributed by atoms with Crippen LogP contribution in [0.15, 0.2) is 18.2 Å². The molecule has 1 aromatic carbocycles. The van der Waals surface area contributed by atoms with Gasteiger partial charge < -0.3 is 14.5 Å². The van der Waals surface area contributed by atoms with Gasteiger partial charge in [-0.15, -0.1) is 0 Å². The summed E-state index contributed by atoms with van der Waals surface area (Å²) < 4.78 is 5.89. The molecule has 3 heterocycles. The molecule has 5 fully saturated rings. The molecule has 0 aromatic heterocycles. The molecule has 1 atom stereocenters. The Hall–Kier alpha value is -2.53. The van der Waals surface area contributed by atoms with Crippen LogP contribution < -0.4 is 4.74 Å². The van der Waals surface area contributed by atoms with Gasteiger partial charge in [0.1, 0.15) is 5.75 Å². The predicted octanol–water partition coefficient (Wildman–Crippen LogP) is 4.90. The summed E-state index contributed by atoms with van der Waals surface area (Å²) >= 11 is 0. The minimum Gasteiger partial charge on any atom is -0.426 e. The molecule has 42 heavy (non-hydrogen) atoms. The number of carbonyl (C=O) groups is 3. The zero-order chi connectivity index (χ0) is 28.7. The van der Waals surface area contributed by atoms with Gasteiger partial charge in [-0.25, -0.2) is 0 Å². The van der Waals surface area contributed by atoms with Crippen molar-refractivity contribution in [3.05, 3.63) is 29.3 Å². The summed E-state index contributed by atoms with van der Waals surface area (Å²) in [5.74, 6) is -1.75. The van der Waals surface area contributed by atoms with E-state index >= 15 is 0 Å². The van der Waals surface area contributed by atoms with Crippen molar-refractivity contribution in [1.82, 2.24) is 9.80 Å². The Balaban J connectivity index is 0.981. The molecule has 1 unspecified atom stereocenters. The quantitative estimate of drug-likeness (QED) is 0.282. The number of hydrogen-bond donors (Lipinski definition) is 0. The van der Waals surface area contributed by atoms with E-state index in [1.165, 1.54) is 6.42 Å². The molecule has 0 bridgehead atoms. The third-order valence-corrected chi connectivity index (χ3v) is 10.4. The highest BCUT2D eigenvalue weighted by molar-refractivity contribution is 5.88. The third kappa shape index (κ3) is 5.47. The normalized spacial score (nSPS) is 27.9. The Kier molecular flexibility index (Phi) is 7.75. The van der Waals surface area contributed by atoms with Crippen LogP contribution in [-0.4, -0.2) is 58.8 Å². The summed E-state index contributed by atoms with van der Waals surface area (Å²) in [5, 5.41) is 0. The lowest BCUT2D eigenvalue weighted by Crippen LogP contribution is -2.56. The van der Waals surface area contributed by atoms with Crippen molar-refractivity contribution < 1.29 is 38.7 Å². The number of hydrogen-bond acceptors (Lipinski definition) is 8. The Morgan fingerprint density at radius 2 is 1.48 bits per heavy atom. The molecule has 2 saturated heterocycles. The largest absolute Gasteiger partial charge is 0.426 e. The van der Waals surface area contributed by atoms with Crippen LogP contribution in [0.25, 0.3) is 0 Å². The van der Waals surface area contributed by atoms with Gasteiger partial charge in [0.05, 0.1) is 18.5 Å². The van der Waals surface area contributed by atoms with Crippen LogP contribution in [0, 0.1) is 11.8 Å². The molecule has 3 aliphatic heterocycles. The molecule has 0 radical (unpaired) electrons. The second-order valence-corrected chi connectivity index (χ2v) is 13.2. The van der Waals surface area contributed by atoms with E-state index in [0.717, 1.165) is 75.3 Å². The standard InChI is InChI=1S/C32H42N2O8/c35-28-21-33(29(36)23-7-3-1-4-8-23)20-27-26-19-25(10-9-22(26)13-18-34(27)28)38-30(37)24-11-16-32(17-12-24)41-39-31(40-42-32)14-5-2-6-15-31/h9-10,19,23-24,27H,1-8,11-18,20-21H2. The van der Waals surface area contributed by atoms with E-state index in [4.69, 9.17) is 24.3 Å². The Bertz CT molecular complexity index is 1190. The first kappa shape index (κ1) is 28.3. The number of carbonyl (C=O) groups excluding carboxylic acids is 3. The molecular weight excluding hydrogens is 540 g/mol. The molecule has 3 aliphatic carbocycles. The third-order valence-electron chi connectivity index (χ3n) is 10.4. The van der Waals surface area contributed by atoms with Crippen LogP contribution in [0.2, 0.25) is 0 Å². The minimum atomic E-state index is -0.983. The fraction of sp³-hybridized carbons (Fsp3) is 0.719. The molecule has 2 amide bonds. The van der Waals surface area contributed by atoms with Crippen molar-refractivity contribution in [2.45, 2.75) is 114 Å². The molecule has 10 nitrogen and oxygen atoms in total. The van der Waals surface area contributed by atoms with Crippen molar-refractivity contribution in [1.29, 1.82) is 0 Å². The van der Waals surface area contributed by atoms with Gasteiger partial charge in [-0.05, 0) is 68.2 Å². The summed E-state index contributed by atoms with van der Waals surface area (Å²) in [5.41, 5.74) is 2.11. The van der Waals surface area contributed by atoms with E-state index in [1.54, 1.807) is 4.90 Å². The number of benzene rings is 1. The predicted molar refractivity (Wildman–Crippen MR) is 148 cm³/mol. The lowest BCUT2D eigenvalue weighted by atomic mass is 9.85. The first-order valence-corrected chi connectivity index (χ1v) is 16.1. The molecular formula is C32H42N2O8. The molecule has 2 spiro atoms. The van der Waals surface area contributed by atoms with Crippen molar-refractivity contribution in [2.24, 2.45) is 11.8 Å². The minimum absolute atomic E-state index is 0.00545. The van der Waals surface area contributed by atoms with Gasteiger partial charge >= 0.3 is 5.97 Å². The SMILES string of the molecule is O=C(Oc1ccc2c(c1)C1CN(C(=O)C3CCCCC3)CC(=O)N1CC2)C1CCC2(CC1)OOC1(CCCCC1)OO2. The molecule has 228 valence electrons. The molecule has 7 rings (SSSR count). The maximum atomic E-state index is 13.3. The number of fused-ring (bicyclic) bond motifs is 3. The zero-order valence-electron chi connectivity index (χ0n) is 24.4. The highest BCUT2D eigenvalue weighted by Gasteiger charge is 2.51. The van der Waals surface area contributed by atoms with Crippen LogP contribution in [-0.2, 0) is 40.4 Å². The Labute approximate surface area is 246 Å². The highest BCUT2D eigenvalue weighted by Crippen LogP contribution is 2.45. The summed E-state index contributed by atoms with van der Waals surface area (Å²) in [7, 11) is 0. The van der Waals surface area contributed by atoms with Crippen LogP contribution in [0.4, 0.5) is 0 Å². The number of nitrogens with zero attached hydrogens (tertiary/aromatic N) is 2. The monoisotopic (exact) mass is 582 g/mol. The summed E-state index contributed by atoms with van der Waals surface area (Å²) in [4.78, 5) is 66.3. The second kappa shape index (κ2) is 11.5. The molecule has 0 N–H and O–H groups in total. The Morgan fingerprint density at radius 3 is 2.19 bits per heavy atom. The smallest absolute Gasteiger partial charge is 0.314 e. The molecule has 10 heteroatoms. The topological polar surface area (TPSA) is 104 Å². The molecule has 3 saturated carbocycles. The lowest BCUT2D eigenvalue weighted by Gasteiger charge is -2.46. The van der Waals surface area contributed by atoms with Crippen LogP contribution in [0.1, 0.15) is 107 Å². The van der Waals surface area contributed by atoms with Gasteiger partial charge in [0, 0.05) is 44.7 Å². The average Bonchev–Trinajstić information content (AvgIpc) is 3.03. The van der Waals surface area contributed by atoms with Crippen molar-refractivity contribution in [3.63, 3.8) is 0 Å². The molecule has 1 aromatic rings. The van der Waals surface area contributed by atoms with Crippen molar-refractivity contribution >= 4 is 17.8 Å². The van der Waals surface area contributed by atoms with Gasteiger partial charge in [-0.1, -0.05) is 31.7 Å². The van der Waals surface area contributed by atoms with E-state index < -0.39 is 11.6 Å². The van der Waals surface area contributed by atoms with E-state index in [2.05, 4.69) is 0 Å². The maximum absolute atomic E-state index is 13.3. The summed E-state index contributed by atoms with van der Waals surface area (Å²) in [6.07, 6.45) is 12.6. The van der Waals surface area contributed by atoms with Gasteiger partial charge in [0.25, 0.3) is 0 Å². The highest BCUT2D eigenvalue weighted by atomic mass is 17.4. The van der Waals surface area contributed by atoms with Crippen molar-refractivity contribution in [3.8, 4) is 5.75 Å². The number of rotatable bonds is 3. The summed E-state index contributed by atoms with van der Waals surface area (Å²) in [6.45, 7) is 1.29. The van der Waals surface area contributed by atoms with E-state index in [0.29, 0.717) is 44.5 Å². The van der Waals surface area contributed by atoms with Crippen LogP contribution in [0.5, 0.6) is 5.75 Å². The van der Waals surface area contributed by atoms with Gasteiger partial charge in [-0.3, -0.25) is 14.4 Å². The number of piperazine rings is 1. The average molecular weight is 583 g/mol. The first-order valence-electron chi connectivity index (χ1n) is 16.1. The van der Waals surface area contributed by atoms with E-state index in [9.17, 15) is 14.4 Å². The van der Waals surface area contributed by atoms with Crippen LogP contribution in [0.3, 0.4) is 0 Å². The zero-order valence-corrected chi connectivity index (χ0v) is 24.4. The number of ether oxygens (including phenoxy) is 1. The van der Waals surface area contributed by atoms with E-state index in [1.807, 2.05) is 23.1 Å². The fourth-order valence-corrected chi connectivity index (χ4v) is 7.79. The fourth-order valence-electron chi connectivity index (χ4n) is 7.79. The number of esters is 1. The van der Waals surface area contributed by atoms with E-state index in [-0.39, 0.29) is 42.2 Å². The van der Waals surface area contributed by atoms with Crippen LogP contribution >= 0.6 is 0 Å². The summed E-state index contributed by atoms with van der Waals surface area (Å²) in [6, 6.07) is 5.51. The first-order chi connectivity index (χ1) is 20.4. The molecule has 6 aliphatic rings. The van der Waals surface area contributed by atoms with Gasteiger partial charge in [0.2, 0.25) is 23.4 Å².